The number of Topliss-reactive ketones (excluding diaryl/α,β-unsaturated/α-hetero) is 1. The quantitative estimate of drug-likeness (QED) is 0.611. The van der Waals surface area contributed by atoms with Gasteiger partial charge < -0.3 is 10.6 Å². The maximum absolute atomic E-state index is 13.3. The maximum Gasteiger partial charge on any atom is 0.261 e. The van der Waals surface area contributed by atoms with Crippen molar-refractivity contribution in [3.63, 3.8) is 0 Å². The van der Waals surface area contributed by atoms with Gasteiger partial charge in [-0.25, -0.2) is 4.68 Å². The van der Waals surface area contributed by atoms with Gasteiger partial charge in [0, 0.05) is 23.4 Å². The number of amides is 1. The van der Waals surface area contributed by atoms with Gasteiger partial charge in [-0.05, 0) is 36.5 Å². The normalized spacial score (nSPS) is 19.1. The Hall–Kier alpha value is -3.67. The molecule has 0 unspecified atom stereocenters. The molecule has 1 atom stereocenters. The Bertz CT molecular complexity index is 1240. The Labute approximate surface area is 187 Å². The minimum Gasteiger partial charge on any atom is -0.343 e. The van der Waals surface area contributed by atoms with E-state index in [-0.39, 0.29) is 23.1 Å². The number of nitrogens with one attached hydrogen (secondary N) is 2. The summed E-state index contributed by atoms with van der Waals surface area (Å²) in [5, 5.41) is 10.9. The topological polar surface area (TPSA) is 76.0 Å². The van der Waals surface area contributed by atoms with E-state index in [1.54, 1.807) is 10.9 Å². The van der Waals surface area contributed by atoms with E-state index in [0.29, 0.717) is 17.8 Å². The second-order valence-corrected chi connectivity index (χ2v) is 9.44. The summed E-state index contributed by atoms with van der Waals surface area (Å²) < 4.78 is 1.78. The average molecular weight is 427 g/mol. The summed E-state index contributed by atoms with van der Waals surface area (Å²) >= 11 is 0. The van der Waals surface area contributed by atoms with Gasteiger partial charge in [0.1, 0.15) is 17.4 Å². The maximum atomic E-state index is 13.3. The van der Waals surface area contributed by atoms with Crippen molar-refractivity contribution >= 4 is 23.2 Å². The molecular formula is C26H26N4O2. The second-order valence-electron chi connectivity index (χ2n) is 9.44. The minimum absolute atomic E-state index is 0.130. The van der Waals surface area contributed by atoms with Crippen LogP contribution in [0.4, 0.5) is 11.5 Å². The SMILES string of the molecule is Cc1ccc([C@@H]2C3=C(CC(C)(C)CC3=O)Nc3c(C(=O)Nc4ccccc4)cnn32)cc1. The number of hydrogen-bond donors (Lipinski definition) is 2. The van der Waals surface area contributed by atoms with Crippen LogP contribution in [0.1, 0.15) is 54.2 Å². The fraction of sp³-hybridized carbons (Fsp3) is 0.269. The summed E-state index contributed by atoms with van der Waals surface area (Å²) in [6.45, 7) is 6.24. The molecule has 1 aromatic heterocycles. The highest BCUT2D eigenvalue weighted by atomic mass is 16.1. The minimum atomic E-state index is -0.358. The summed E-state index contributed by atoms with van der Waals surface area (Å²) in [5.74, 6) is 0.511. The zero-order valence-electron chi connectivity index (χ0n) is 18.5. The molecule has 0 saturated carbocycles. The first kappa shape index (κ1) is 20.2. The Morgan fingerprint density at radius 2 is 1.81 bits per heavy atom. The van der Waals surface area contributed by atoms with Crippen LogP contribution in [0.2, 0.25) is 0 Å². The van der Waals surface area contributed by atoms with Crippen LogP contribution in [0.15, 0.2) is 72.1 Å². The fourth-order valence-electron chi connectivity index (χ4n) is 4.65. The highest BCUT2D eigenvalue weighted by Gasteiger charge is 2.42. The molecule has 1 aliphatic heterocycles. The standard InChI is InChI=1S/C26H26N4O2/c1-16-9-11-17(12-10-16)23-22-20(13-26(2,3)14-21(22)31)29-24-19(15-27-30(23)24)25(32)28-18-7-5-4-6-8-18/h4-12,15,23,29H,13-14H2,1-3H3,(H,28,32)/t23-/m1/s1. The first-order chi connectivity index (χ1) is 15.3. The molecule has 0 radical (unpaired) electrons. The molecule has 3 aromatic rings. The number of aryl methyl sites for hydroxylation is 1. The van der Waals surface area contributed by atoms with Crippen LogP contribution >= 0.6 is 0 Å². The van der Waals surface area contributed by atoms with Crippen molar-refractivity contribution in [1.82, 2.24) is 9.78 Å². The molecule has 2 aliphatic rings. The van der Waals surface area contributed by atoms with Gasteiger partial charge in [-0.1, -0.05) is 61.9 Å². The third-order valence-corrected chi connectivity index (χ3v) is 6.17. The molecule has 1 amide bonds. The number of allylic oxidation sites excluding steroid dienone is 2. The van der Waals surface area contributed by atoms with Crippen molar-refractivity contribution in [2.45, 2.75) is 39.7 Å². The molecular weight excluding hydrogens is 400 g/mol. The number of fused-ring (bicyclic) bond motifs is 1. The number of hydrogen-bond acceptors (Lipinski definition) is 4. The molecule has 6 nitrogen and oxygen atoms in total. The molecule has 6 heteroatoms. The summed E-state index contributed by atoms with van der Waals surface area (Å²) in [5.41, 5.74) is 4.80. The first-order valence-electron chi connectivity index (χ1n) is 10.9. The number of aromatic nitrogens is 2. The lowest BCUT2D eigenvalue weighted by molar-refractivity contribution is -0.118. The van der Waals surface area contributed by atoms with E-state index in [1.165, 1.54) is 0 Å². The molecule has 2 aromatic carbocycles. The van der Waals surface area contributed by atoms with Crippen LogP contribution in [0.25, 0.3) is 0 Å². The number of carbonyl (C=O) groups excluding carboxylic acids is 2. The van der Waals surface area contributed by atoms with Crippen molar-refractivity contribution in [3.8, 4) is 0 Å². The lowest BCUT2D eigenvalue weighted by Gasteiger charge is -2.39. The Balaban J connectivity index is 1.60. The number of nitrogens with zero attached hydrogens (tertiary/aromatic N) is 2. The molecule has 32 heavy (non-hydrogen) atoms. The van der Waals surface area contributed by atoms with E-state index in [4.69, 9.17) is 0 Å². The van der Waals surface area contributed by atoms with Gasteiger partial charge in [-0.15, -0.1) is 0 Å². The monoisotopic (exact) mass is 426 g/mol. The molecule has 0 saturated heterocycles. The highest BCUT2D eigenvalue weighted by molar-refractivity contribution is 6.08. The van der Waals surface area contributed by atoms with Crippen molar-refractivity contribution in [1.29, 1.82) is 0 Å². The van der Waals surface area contributed by atoms with Gasteiger partial charge in [0.05, 0.1) is 6.20 Å². The van der Waals surface area contributed by atoms with Crippen molar-refractivity contribution in [2.75, 3.05) is 10.6 Å². The van der Waals surface area contributed by atoms with Crippen LogP contribution in [0.3, 0.4) is 0 Å². The van der Waals surface area contributed by atoms with Gasteiger partial charge in [0.15, 0.2) is 5.78 Å². The first-order valence-corrected chi connectivity index (χ1v) is 10.9. The third kappa shape index (κ3) is 3.51. The van der Waals surface area contributed by atoms with Gasteiger partial charge in [-0.2, -0.15) is 5.10 Å². The number of benzene rings is 2. The fourth-order valence-corrected chi connectivity index (χ4v) is 4.65. The number of para-hydroxylation sites is 1. The van der Waals surface area contributed by atoms with Crippen molar-refractivity contribution in [3.05, 3.63) is 88.8 Å². The molecule has 0 spiro atoms. The van der Waals surface area contributed by atoms with E-state index in [9.17, 15) is 9.59 Å². The van der Waals surface area contributed by atoms with E-state index < -0.39 is 0 Å². The Morgan fingerprint density at radius 3 is 2.53 bits per heavy atom. The number of rotatable bonds is 3. The summed E-state index contributed by atoms with van der Waals surface area (Å²) in [6, 6.07) is 17.2. The number of carbonyl (C=O) groups is 2. The zero-order chi connectivity index (χ0) is 22.5. The van der Waals surface area contributed by atoms with Crippen LogP contribution in [-0.4, -0.2) is 21.5 Å². The predicted octanol–water partition coefficient (Wildman–Crippen LogP) is 5.10. The molecule has 2 heterocycles. The molecule has 162 valence electrons. The van der Waals surface area contributed by atoms with Gasteiger partial charge >= 0.3 is 0 Å². The van der Waals surface area contributed by atoms with Crippen molar-refractivity contribution in [2.24, 2.45) is 5.41 Å². The number of anilines is 2. The van der Waals surface area contributed by atoms with Crippen molar-refractivity contribution < 1.29 is 9.59 Å². The van der Waals surface area contributed by atoms with E-state index in [1.807, 2.05) is 61.5 Å². The molecule has 5 rings (SSSR count). The van der Waals surface area contributed by atoms with Gasteiger partial charge in [0.2, 0.25) is 0 Å². The number of ketones is 1. The Morgan fingerprint density at radius 1 is 1.09 bits per heavy atom. The summed E-state index contributed by atoms with van der Waals surface area (Å²) in [6.07, 6.45) is 2.81. The van der Waals surface area contributed by atoms with E-state index >= 15 is 0 Å². The van der Waals surface area contributed by atoms with E-state index in [0.717, 1.165) is 34.5 Å². The smallest absolute Gasteiger partial charge is 0.261 e. The lowest BCUT2D eigenvalue weighted by Crippen LogP contribution is -2.37. The molecule has 0 bridgehead atoms. The van der Waals surface area contributed by atoms with Crippen LogP contribution in [0, 0.1) is 12.3 Å². The third-order valence-electron chi connectivity index (χ3n) is 6.17. The Kier molecular flexibility index (Phi) is 4.73. The molecule has 0 fully saturated rings. The van der Waals surface area contributed by atoms with Crippen LogP contribution < -0.4 is 10.6 Å². The van der Waals surface area contributed by atoms with Crippen LogP contribution in [0.5, 0.6) is 0 Å². The van der Waals surface area contributed by atoms with Gasteiger partial charge in [-0.3, -0.25) is 9.59 Å². The van der Waals surface area contributed by atoms with Gasteiger partial charge in [0.25, 0.3) is 5.91 Å². The average Bonchev–Trinajstić information content (AvgIpc) is 3.16. The highest BCUT2D eigenvalue weighted by Crippen LogP contribution is 2.46. The predicted molar refractivity (Wildman–Crippen MR) is 125 cm³/mol. The van der Waals surface area contributed by atoms with E-state index in [2.05, 4.69) is 29.6 Å². The lowest BCUT2D eigenvalue weighted by atomic mass is 9.73. The molecule has 1 aliphatic carbocycles. The van der Waals surface area contributed by atoms with Crippen LogP contribution in [-0.2, 0) is 4.79 Å². The zero-order valence-corrected chi connectivity index (χ0v) is 18.5. The molecule has 2 N–H and O–H groups in total. The largest absolute Gasteiger partial charge is 0.343 e. The summed E-state index contributed by atoms with van der Waals surface area (Å²) in [7, 11) is 0. The second kappa shape index (κ2) is 7.48. The summed E-state index contributed by atoms with van der Waals surface area (Å²) in [4.78, 5) is 26.4.